The van der Waals surface area contributed by atoms with Crippen LogP contribution in [0, 0.1) is 0 Å². The fourth-order valence-electron chi connectivity index (χ4n) is 0.990. The van der Waals surface area contributed by atoms with Crippen LogP contribution in [-0.4, -0.2) is 46.3 Å². The van der Waals surface area contributed by atoms with Crippen LogP contribution in [0.3, 0.4) is 0 Å². The number of hydrogen-bond donors (Lipinski definition) is 1. The molecule has 0 aromatic carbocycles. The lowest BCUT2D eigenvalue weighted by Gasteiger charge is -2.23. The summed E-state index contributed by atoms with van der Waals surface area (Å²) in [5.41, 5.74) is 0. The Kier molecular flexibility index (Phi) is 4.45. The van der Waals surface area contributed by atoms with Crippen molar-refractivity contribution >= 4 is 0 Å². The van der Waals surface area contributed by atoms with Gasteiger partial charge >= 0.3 is 0 Å². The SMILES string of the molecule is COCOCC1CNCCO1. The van der Waals surface area contributed by atoms with E-state index in [4.69, 9.17) is 14.2 Å². The molecule has 4 heteroatoms. The molecule has 1 aliphatic heterocycles. The molecule has 1 unspecified atom stereocenters. The summed E-state index contributed by atoms with van der Waals surface area (Å²) in [6.07, 6.45) is 0.193. The first-order chi connectivity index (χ1) is 5.43. The zero-order valence-electron chi connectivity index (χ0n) is 6.84. The second-order valence-electron chi connectivity index (χ2n) is 2.47. The van der Waals surface area contributed by atoms with Crippen LogP contribution in [0.25, 0.3) is 0 Å². The highest BCUT2D eigenvalue weighted by Gasteiger charge is 2.12. The molecule has 1 fully saturated rings. The number of rotatable bonds is 4. The first-order valence-electron chi connectivity index (χ1n) is 3.82. The zero-order valence-corrected chi connectivity index (χ0v) is 6.84. The minimum Gasteiger partial charge on any atom is -0.373 e. The van der Waals surface area contributed by atoms with Crippen molar-refractivity contribution in [3.8, 4) is 0 Å². The number of morpholine rings is 1. The van der Waals surface area contributed by atoms with Gasteiger partial charge in [0.1, 0.15) is 6.79 Å². The third-order valence-electron chi connectivity index (χ3n) is 1.51. The van der Waals surface area contributed by atoms with Crippen molar-refractivity contribution in [2.45, 2.75) is 6.10 Å². The first-order valence-corrected chi connectivity index (χ1v) is 3.82. The van der Waals surface area contributed by atoms with E-state index in [0.717, 1.165) is 19.7 Å². The smallest absolute Gasteiger partial charge is 0.146 e. The Balaban J connectivity index is 1.96. The zero-order chi connectivity index (χ0) is 7.94. The molecule has 1 heterocycles. The van der Waals surface area contributed by atoms with Gasteiger partial charge in [0, 0.05) is 20.2 Å². The van der Waals surface area contributed by atoms with Crippen molar-refractivity contribution in [1.29, 1.82) is 0 Å². The van der Waals surface area contributed by atoms with Crippen LogP contribution < -0.4 is 5.32 Å². The second kappa shape index (κ2) is 5.49. The summed E-state index contributed by atoms with van der Waals surface area (Å²) in [4.78, 5) is 0. The maximum Gasteiger partial charge on any atom is 0.146 e. The minimum atomic E-state index is 0.193. The predicted octanol–water partition coefficient (Wildman–Crippen LogP) is -0.405. The van der Waals surface area contributed by atoms with Gasteiger partial charge in [-0.25, -0.2) is 0 Å². The van der Waals surface area contributed by atoms with Crippen molar-refractivity contribution in [3.63, 3.8) is 0 Å². The third kappa shape index (κ3) is 3.67. The Hall–Kier alpha value is -0.160. The Morgan fingerprint density at radius 2 is 2.55 bits per heavy atom. The molecule has 11 heavy (non-hydrogen) atoms. The molecule has 0 radical (unpaired) electrons. The highest BCUT2D eigenvalue weighted by Crippen LogP contribution is 1.95. The molecule has 1 aliphatic rings. The topological polar surface area (TPSA) is 39.7 Å². The van der Waals surface area contributed by atoms with Crippen molar-refractivity contribution in [2.24, 2.45) is 0 Å². The molecule has 0 aromatic heterocycles. The molecule has 0 aliphatic carbocycles. The predicted molar refractivity (Wildman–Crippen MR) is 40.4 cm³/mol. The summed E-state index contributed by atoms with van der Waals surface area (Å²) in [6.45, 7) is 3.56. The van der Waals surface area contributed by atoms with Gasteiger partial charge in [-0.15, -0.1) is 0 Å². The van der Waals surface area contributed by atoms with E-state index in [2.05, 4.69) is 5.32 Å². The molecule has 0 bridgehead atoms. The lowest BCUT2D eigenvalue weighted by atomic mass is 10.3. The van der Waals surface area contributed by atoms with E-state index in [-0.39, 0.29) is 6.10 Å². The van der Waals surface area contributed by atoms with Crippen molar-refractivity contribution in [2.75, 3.05) is 40.2 Å². The standard InChI is InChI=1S/C7H15NO3/c1-9-6-10-5-7-4-8-2-3-11-7/h7-8H,2-6H2,1H3. The molecule has 1 N–H and O–H groups in total. The van der Waals surface area contributed by atoms with E-state index >= 15 is 0 Å². The van der Waals surface area contributed by atoms with Gasteiger partial charge in [0.15, 0.2) is 0 Å². The van der Waals surface area contributed by atoms with E-state index in [1.807, 2.05) is 0 Å². The van der Waals surface area contributed by atoms with Crippen LogP contribution in [0.4, 0.5) is 0 Å². The molecule has 0 spiro atoms. The van der Waals surface area contributed by atoms with E-state index in [1.165, 1.54) is 0 Å². The fraction of sp³-hybridized carbons (Fsp3) is 1.00. The number of nitrogens with one attached hydrogen (secondary N) is 1. The highest BCUT2D eigenvalue weighted by molar-refractivity contribution is 4.65. The number of hydrogen-bond acceptors (Lipinski definition) is 4. The Morgan fingerprint density at radius 3 is 3.18 bits per heavy atom. The third-order valence-corrected chi connectivity index (χ3v) is 1.51. The molecule has 1 atom stereocenters. The van der Waals surface area contributed by atoms with E-state index < -0.39 is 0 Å². The summed E-state index contributed by atoms with van der Waals surface area (Å²) < 4.78 is 15.3. The summed E-state index contributed by atoms with van der Waals surface area (Å²) in [6, 6.07) is 0. The van der Waals surface area contributed by atoms with Gasteiger partial charge in [-0.1, -0.05) is 0 Å². The van der Waals surface area contributed by atoms with Gasteiger partial charge in [-0.3, -0.25) is 0 Å². The summed E-state index contributed by atoms with van der Waals surface area (Å²) >= 11 is 0. The van der Waals surface area contributed by atoms with Crippen LogP contribution in [0.1, 0.15) is 0 Å². The second-order valence-corrected chi connectivity index (χ2v) is 2.47. The van der Waals surface area contributed by atoms with Crippen LogP contribution >= 0.6 is 0 Å². The highest BCUT2D eigenvalue weighted by atomic mass is 16.7. The Morgan fingerprint density at radius 1 is 1.64 bits per heavy atom. The molecule has 0 aromatic rings. The van der Waals surface area contributed by atoms with E-state index in [0.29, 0.717) is 13.4 Å². The van der Waals surface area contributed by atoms with Gasteiger partial charge in [-0.05, 0) is 0 Å². The normalized spacial score (nSPS) is 25.4. The van der Waals surface area contributed by atoms with Gasteiger partial charge in [0.25, 0.3) is 0 Å². The van der Waals surface area contributed by atoms with Gasteiger partial charge < -0.3 is 19.5 Å². The summed E-state index contributed by atoms with van der Waals surface area (Å²) in [7, 11) is 1.61. The Bertz CT molecular complexity index is 93.7. The summed E-state index contributed by atoms with van der Waals surface area (Å²) in [5, 5.41) is 3.22. The van der Waals surface area contributed by atoms with Gasteiger partial charge in [0.2, 0.25) is 0 Å². The van der Waals surface area contributed by atoms with Crippen LogP contribution in [-0.2, 0) is 14.2 Å². The average Bonchev–Trinajstić information content (AvgIpc) is 2.07. The molecule has 1 saturated heterocycles. The fourth-order valence-corrected chi connectivity index (χ4v) is 0.990. The quantitative estimate of drug-likeness (QED) is 0.449. The molecular weight excluding hydrogens is 146 g/mol. The Labute approximate surface area is 66.8 Å². The maximum atomic E-state index is 5.38. The lowest BCUT2D eigenvalue weighted by molar-refractivity contribution is -0.0853. The average molecular weight is 161 g/mol. The van der Waals surface area contributed by atoms with Gasteiger partial charge in [-0.2, -0.15) is 0 Å². The maximum absolute atomic E-state index is 5.38. The van der Waals surface area contributed by atoms with Gasteiger partial charge in [0.05, 0.1) is 19.3 Å². The molecule has 66 valence electrons. The van der Waals surface area contributed by atoms with Crippen molar-refractivity contribution < 1.29 is 14.2 Å². The summed E-state index contributed by atoms with van der Waals surface area (Å²) in [5.74, 6) is 0. The lowest BCUT2D eigenvalue weighted by Crippen LogP contribution is -2.41. The van der Waals surface area contributed by atoms with E-state index in [9.17, 15) is 0 Å². The first kappa shape index (κ1) is 8.93. The largest absolute Gasteiger partial charge is 0.373 e. The van der Waals surface area contributed by atoms with Crippen LogP contribution in [0.15, 0.2) is 0 Å². The molecule has 0 saturated carbocycles. The molecular formula is C7H15NO3. The molecule has 1 rings (SSSR count). The van der Waals surface area contributed by atoms with Crippen LogP contribution in [0.2, 0.25) is 0 Å². The van der Waals surface area contributed by atoms with E-state index in [1.54, 1.807) is 7.11 Å². The number of ether oxygens (including phenoxy) is 3. The van der Waals surface area contributed by atoms with Crippen LogP contribution in [0.5, 0.6) is 0 Å². The minimum absolute atomic E-state index is 0.193. The van der Waals surface area contributed by atoms with Crippen molar-refractivity contribution in [3.05, 3.63) is 0 Å². The van der Waals surface area contributed by atoms with Crippen molar-refractivity contribution in [1.82, 2.24) is 5.32 Å². The molecule has 0 amide bonds. The number of methoxy groups -OCH3 is 1. The molecule has 4 nitrogen and oxygen atoms in total. The monoisotopic (exact) mass is 161 g/mol.